The fourth-order valence-electron chi connectivity index (χ4n) is 4.79. The van der Waals surface area contributed by atoms with E-state index in [1.54, 1.807) is 2.89 Å². The number of nitrogens with zero attached hydrogens (tertiary/aromatic N) is 2. The number of unbranched alkanes of at least 4 members (excludes halogenated alkanes) is 3. The van der Waals surface area contributed by atoms with Crippen LogP contribution in [0.5, 0.6) is 0 Å². The summed E-state index contributed by atoms with van der Waals surface area (Å²) in [5.74, 6) is 0. The minimum absolute atomic E-state index is 0.0704. The molecule has 2 aliphatic heterocycles. The zero-order chi connectivity index (χ0) is 18.5. The molecule has 0 aliphatic carbocycles. The van der Waals surface area contributed by atoms with Crippen molar-refractivity contribution in [3.63, 3.8) is 0 Å². The summed E-state index contributed by atoms with van der Waals surface area (Å²) < 4.78 is 12.7. The Morgan fingerprint density at radius 1 is 1.08 bits per heavy atom. The fraction of sp³-hybridized carbons (Fsp3) is 0.857. The van der Waals surface area contributed by atoms with Gasteiger partial charge in [-0.05, 0) is 0 Å². The molecule has 5 heteroatoms. The van der Waals surface area contributed by atoms with Gasteiger partial charge in [-0.1, -0.05) is 0 Å². The Kier molecular flexibility index (Phi) is 7.86. The van der Waals surface area contributed by atoms with Crippen molar-refractivity contribution in [3.05, 3.63) is 11.2 Å². The standard InChI is InChI=1S/C9H11N2OS.3C4H9.Sn/c1-3-11-4-5-12-9(1,7-11)8-10-2-6-13-8;3*1-3-4-2;/h2H,1,3-5,7H2;3*1,3-4H2,2H3;. The summed E-state index contributed by atoms with van der Waals surface area (Å²) in [6.45, 7) is 11.3. The van der Waals surface area contributed by atoms with E-state index in [1.165, 1.54) is 63.4 Å². The van der Waals surface area contributed by atoms with E-state index in [4.69, 9.17) is 9.72 Å². The monoisotopic (exact) mass is 486 g/mol. The first-order valence-corrected chi connectivity index (χ1v) is 19.3. The van der Waals surface area contributed by atoms with Gasteiger partial charge in [-0.25, -0.2) is 0 Å². The molecule has 3 rings (SSSR count). The van der Waals surface area contributed by atoms with Crippen molar-refractivity contribution < 1.29 is 4.74 Å². The molecule has 3 heterocycles. The molecule has 0 spiro atoms. The Morgan fingerprint density at radius 2 is 1.73 bits per heavy atom. The van der Waals surface area contributed by atoms with Gasteiger partial charge in [0.05, 0.1) is 0 Å². The predicted octanol–water partition coefficient (Wildman–Crippen LogP) is 5.13. The van der Waals surface area contributed by atoms with E-state index in [-0.39, 0.29) is 5.60 Å². The molecule has 26 heavy (non-hydrogen) atoms. The van der Waals surface area contributed by atoms with E-state index in [9.17, 15) is 0 Å². The van der Waals surface area contributed by atoms with E-state index in [1.807, 2.05) is 0 Å². The van der Waals surface area contributed by atoms with Gasteiger partial charge in [0.1, 0.15) is 0 Å². The Hall–Kier alpha value is 0.349. The van der Waals surface area contributed by atoms with Gasteiger partial charge < -0.3 is 0 Å². The molecule has 0 N–H and O–H groups in total. The Bertz CT molecular complexity index is 538. The molecule has 2 saturated heterocycles. The third-order valence-corrected chi connectivity index (χ3v) is 25.9. The number of fused-ring (bicyclic) bond motifs is 2. The first-order valence-electron chi connectivity index (χ1n) is 11.0. The van der Waals surface area contributed by atoms with Gasteiger partial charge in [-0.15, -0.1) is 0 Å². The molecule has 2 unspecified atom stereocenters. The molecule has 0 radical (unpaired) electrons. The number of hydrogen-bond acceptors (Lipinski definition) is 4. The molecule has 0 saturated carbocycles. The molecule has 0 amide bonds. The van der Waals surface area contributed by atoms with Crippen molar-refractivity contribution >= 4 is 32.6 Å². The average Bonchev–Trinajstić information content (AvgIpc) is 3.28. The Morgan fingerprint density at radius 3 is 2.35 bits per heavy atom. The minimum atomic E-state index is -2.33. The molecule has 0 aromatic carbocycles. The molecule has 148 valence electrons. The first kappa shape index (κ1) is 21.1. The third kappa shape index (κ3) is 4.49. The van der Waals surface area contributed by atoms with Crippen LogP contribution in [0.3, 0.4) is 0 Å². The fourth-order valence-corrected chi connectivity index (χ4v) is 24.6. The van der Waals surface area contributed by atoms with E-state index in [0.29, 0.717) is 0 Å². The SMILES string of the molecule is CCC[CH2][Sn]([CH2]CCC)([CH2]CCC)[c]1cnc(C23CCN(CCO2)C3)s1. The number of rotatable bonds is 11. The van der Waals surface area contributed by atoms with Gasteiger partial charge in [0.15, 0.2) is 0 Å². The van der Waals surface area contributed by atoms with Crippen LogP contribution in [-0.4, -0.2) is 54.5 Å². The zero-order valence-electron chi connectivity index (χ0n) is 17.2. The maximum atomic E-state index is 6.34. The van der Waals surface area contributed by atoms with Crippen LogP contribution in [0.25, 0.3) is 0 Å². The van der Waals surface area contributed by atoms with Gasteiger partial charge in [0.25, 0.3) is 0 Å². The topological polar surface area (TPSA) is 25.4 Å². The van der Waals surface area contributed by atoms with Crippen LogP contribution < -0.4 is 2.89 Å². The molecular weight excluding hydrogens is 447 g/mol. The second kappa shape index (κ2) is 9.71. The first-order chi connectivity index (χ1) is 12.7. The Labute approximate surface area is 168 Å². The zero-order valence-corrected chi connectivity index (χ0v) is 20.9. The van der Waals surface area contributed by atoms with Crippen molar-refractivity contribution in [2.45, 2.75) is 84.6 Å². The van der Waals surface area contributed by atoms with E-state index in [2.05, 4.69) is 43.2 Å². The van der Waals surface area contributed by atoms with Gasteiger partial charge in [-0.2, -0.15) is 0 Å². The van der Waals surface area contributed by atoms with Crippen molar-refractivity contribution in [2.24, 2.45) is 0 Å². The molecule has 3 nitrogen and oxygen atoms in total. The number of morpholine rings is 1. The third-order valence-electron chi connectivity index (χ3n) is 6.54. The summed E-state index contributed by atoms with van der Waals surface area (Å²) in [6.07, 6.45) is 11.7. The number of thiazole rings is 1. The van der Waals surface area contributed by atoms with Crippen LogP contribution in [0.1, 0.15) is 70.7 Å². The second-order valence-corrected chi connectivity index (χ2v) is 23.7. The quantitative estimate of drug-likeness (QED) is 0.407. The van der Waals surface area contributed by atoms with Gasteiger partial charge in [0, 0.05) is 0 Å². The van der Waals surface area contributed by atoms with Crippen molar-refractivity contribution in [1.82, 2.24) is 9.88 Å². The molecule has 2 atom stereocenters. The normalized spacial score (nSPS) is 25.7. The van der Waals surface area contributed by atoms with E-state index in [0.717, 1.165) is 26.1 Å². The molecular formula is C21H38N2OSSn. The van der Waals surface area contributed by atoms with Crippen LogP contribution in [-0.2, 0) is 10.3 Å². The van der Waals surface area contributed by atoms with Gasteiger partial charge in [0.2, 0.25) is 0 Å². The summed E-state index contributed by atoms with van der Waals surface area (Å²) in [7, 11) is 0. The molecule has 2 bridgehead atoms. The molecule has 2 fully saturated rings. The number of hydrogen-bond donors (Lipinski definition) is 0. The van der Waals surface area contributed by atoms with E-state index >= 15 is 0 Å². The summed E-state index contributed by atoms with van der Waals surface area (Å²) in [6, 6.07) is 0. The van der Waals surface area contributed by atoms with Crippen LogP contribution in [0, 0.1) is 0 Å². The summed E-state index contributed by atoms with van der Waals surface area (Å²) in [4.78, 5) is 7.58. The van der Waals surface area contributed by atoms with Crippen LogP contribution in [0.2, 0.25) is 13.3 Å². The van der Waals surface area contributed by atoms with Gasteiger partial charge >= 0.3 is 169 Å². The average molecular weight is 485 g/mol. The summed E-state index contributed by atoms with van der Waals surface area (Å²) in [5.41, 5.74) is -0.0704. The van der Waals surface area contributed by atoms with Crippen LogP contribution in [0.4, 0.5) is 0 Å². The molecule has 2 aliphatic rings. The van der Waals surface area contributed by atoms with Crippen molar-refractivity contribution in [2.75, 3.05) is 26.2 Å². The Balaban J connectivity index is 1.86. The molecule has 1 aromatic heterocycles. The van der Waals surface area contributed by atoms with Crippen molar-refractivity contribution in [3.8, 4) is 0 Å². The number of ether oxygens (including phenoxy) is 1. The number of aromatic nitrogens is 1. The second-order valence-electron chi connectivity index (χ2n) is 8.49. The van der Waals surface area contributed by atoms with Crippen LogP contribution in [0.15, 0.2) is 6.20 Å². The van der Waals surface area contributed by atoms with E-state index < -0.39 is 18.4 Å². The predicted molar refractivity (Wildman–Crippen MR) is 115 cm³/mol. The summed E-state index contributed by atoms with van der Waals surface area (Å²) >= 11 is -0.251. The molecule has 1 aromatic rings. The summed E-state index contributed by atoms with van der Waals surface area (Å²) in [5, 5.41) is 1.31. The van der Waals surface area contributed by atoms with Gasteiger partial charge in [-0.3, -0.25) is 0 Å². The van der Waals surface area contributed by atoms with Crippen molar-refractivity contribution in [1.29, 1.82) is 0 Å². The van der Waals surface area contributed by atoms with Crippen LogP contribution >= 0.6 is 11.3 Å². The maximum absolute atomic E-state index is 6.34.